The molecule has 0 fully saturated rings. The van der Waals surface area contributed by atoms with E-state index in [-0.39, 0.29) is 11.4 Å². The van der Waals surface area contributed by atoms with E-state index in [2.05, 4.69) is 26.2 Å². The highest BCUT2D eigenvalue weighted by Crippen LogP contribution is 2.19. The van der Waals surface area contributed by atoms with Crippen LogP contribution in [0, 0.1) is 0 Å². The number of hydrogen-bond acceptors (Lipinski definition) is 6. The van der Waals surface area contributed by atoms with Gasteiger partial charge in [-0.1, -0.05) is 0 Å². The van der Waals surface area contributed by atoms with Crippen LogP contribution in [0.5, 0.6) is 0 Å². The number of nitrogens with one attached hydrogen (secondary N) is 1. The predicted molar refractivity (Wildman–Crippen MR) is 82.4 cm³/mol. The molecule has 0 spiro atoms. The number of nitrogens with zero attached hydrogens (tertiary/aromatic N) is 1. The summed E-state index contributed by atoms with van der Waals surface area (Å²) in [6.45, 7) is 0.587. The molecule has 0 aliphatic rings. The second kappa shape index (κ2) is 6.21. The van der Waals surface area contributed by atoms with Gasteiger partial charge in [-0.2, -0.15) is 11.8 Å². The molecule has 2 aromatic rings. The second-order valence-electron chi connectivity index (χ2n) is 3.86. The first-order valence-electron chi connectivity index (χ1n) is 5.61. The number of nitrogens with two attached hydrogens (primary N) is 1. The van der Waals surface area contributed by atoms with Crippen molar-refractivity contribution >= 4 is 39.1 Å². The molecule has 1 aromatic carbocycles. The lowest BCUT2D eigenvalue weighted by Gasteiger charge is -2.09. The fourth-order valence-electron chi connectivity index (χ4n) is 1.53. The second-order valence-corrected chi connectivity index (χ2v) is 5.82. The third-order valence-corrected chi connectivity index (χ3v) is 4.26. The summed E-state index contributed by atoms with van der Waals surface area (Å²) in [5, 5.41) is 2.88. The van der Waals surface area contributed by atoms with E-state index >= 15 is 0 Å². The van der Waals surface area contributed by atoms with E-state index in [1.807, 2.05) is 12.1 Å². The van der Waals surface area contributed by atoms with Crippen LogP contribution in [0.2, 0.25) is 0 Å². The van der Waals surface area contributed by atoms with Crippen molar-refractivity contribution in [2.24, 2.45) is 0 Å². The van der Waals surface area contributed by atoms with E-state index in [9.17, 15) is 9.59 Å². The number of halogens is 1. The highest BCUT2D eigenvalue weighted by Gasteiger charge is 2.16. The van der Waals surface area contributed by atoms with Crippen molar-refractivity contribution in [3.8, 4) is 0 Å². The van der Waals surface area contributed by atoms with E-state index in [4.69, 9.17) is 5.73 Å². The van der Waals surface area contributed by atoms with Crippen LogP contribution in [0.1, 0.15) is 5.69 Å². The molecule has 7 heteroatoms. The van der Waals surface area contributed by atoms with Crippen molar-refractivity contribution in [2.75, 3.05) is 23.3 Å². The predicted octanol–water partition coefficient (Wildman–Crippen LogP) is 1.37. The summed E-state index contributed by atoms with van der Waals surface area (Å²) in [5.41, 5.74) is 5.58. The Balaban J connectivity index is 1.73. The standard InChI is InChI=1S/C12H12BrN3O2S/c13-7-2-1-3-15-8(7)6-19-5-4-16-10-9(14)11(17)12(10)18/h1-3,16H,4-6,14H2. The monoisotopic (exact) mass is 341 g/mol. The fourth-order valence-corrected chi connectivity index (χ4v) is 2.92. The number of nitrogen functional groups attached to an aromatic ring is 1. The Morgan fingerprint density at radius 3 is 2.84 bits per heavy atom. The molecule has 1 aromatic heterocycles. The van der Waals surface area contributed by atoms with E-state index in [0.29, 0.717) is 6.54 Å². The van der Waals surface area contributed by atoms with Gasteiger partial charge in [-0.15, -0.1) is 0 Å². The van der Waals surface area contributed by atoms with Crippen LogP contribution in [0.4, 0.5) is 11.4 Å². The van der Waals surface area contributed by atoms with E-state index in [1.54, 1.807) is 18.0 Å². The molecular weight excluding hydrogens is 330 g/mol. The van der Waals surface area contributed by atoms with Gasteiger partial charge in [-0.25, -0.2) is 0 Å². The van der Waals surface area contributed by atoms with Gasteiger partial charge in [0.1, 0.15) is 11.4 Å². The largest absolute Gasteiger partial charge is 0.394 e. The van der Waals surface area contributed by atoms with Crippen molar-refractivity contribution in [3.05, 3.63) is 48.9 Å². The zero-order valence-electron chi connectivity index (χ0n) is 9.98. The van der Waals surface area contributed by atoms with Crippen molar-refractivity contribution in [1.29, 1.82) is 0 Å². The molecule has 0 saturated carbocycles. The van der Waals surface area contributed by atoms with Crippen molar-refractivity contribution in [2.45, 2.75) is 5.75 Å². The molecule has 0 amide bonds. The maximum Gasteiger partial charge on any atom is 0.253 e. The zero-order valence-corrected chi connectivity index (χ0v) is 12.4. The van der Waals surface area contributed by atoms with E-state index in [0.717, 1.165) is 21.7 Å². The number of rotatable bonds is 6. The summed E-state index contributed by atoms with van der Waals surface area (Å²) in [4.78, 5) is 26.3. The lowest BCUT2D eigenvalue weighted by atomic mass is 10.2. The topological polar surface area (TPSA) is 85.1 Å². The number of aromatic nitrogens is 1. The summed E-state index contributed by atoms with van der Waals surface area (Å²) >= 11 is 5.12. The molecular formula is C12H12BrN3O2S. The van der Waals surface area contributed by atoms with Gasteiger partial charge >= 0.3 is 0 Å². The van der Waals surface area contributed by atoms with Gasteiger partial charge in [0.2, 0.25) is 0 Å². The van der Waals surface area contributed by atoms with Gasteiger partial charge in [0.05, 0.1) is 5.69 Å². The van der Waals surface area contributed by atoms with E-state index in [1.165, 1.54) is 0 Å². The lowest BCUT2D eigenvalue weighted by molar-refractivity contribution is 1.14. The highest BCUT2D eigenvalue weighted by molar-refractivity contribution is 9.10. The molecule has 0 saturated heterocycles. The Kier molecular flexibility index (Phi) is 4.60. The Morgan fingerprint density at radius 2 is 2.16 bits per heavy atom. The minimum absolute atomic E-state index is 0.0440. The molecule has 100 valence electrons. The Morgan fingerprint density at radius 1 is 1.37 bits per heavy atom. The molecule has 0 unspecified atom stereocenters. The van der Waals surface area contributed by atoms with Gasteiger partial charge in [0.15, 0.2) is 0 Å². The first-order chi connectivity index (χ1) is 9.11. The molecule has 0 radical (unpaired) electrons. The first-order valence-corrected chi connectivity index (χ1v) is 7.56. The number of thioether (sulfide) groups is 1. The molecule has 5 nitrogen and oxygen atoms in total. The minimum Gasteiger partial charge on any atom is -0.394 e. The van der Waals surface area contributed by atoms with Crippen molar-refractivity contribution < 1.29 is 0 Å². The summed E-state index contributed by atoms with van der Waals surface area (Å²) in [6, 6.07) is 3.82. The SMILES string of the molecule is Nc1c(NCCSCc2ncccc2Br)c(=O)c1=O. The van der Waals surface area contributed by atoms with Crippen LogP contribution in [-0.2, 0) is 5.75 Å². The average molecular weight is 342 g/mol. The molecule has 2 rings (SSSR count). The van der Waals surface area contributed by atoms with Crippen LogP contribution in [-0.4, -0.2) is 17.3 Å². The van der Waals surface area contributed by atoms with Crippen LogP contribution >= 0.6 is 27.7 Å². The molecule has 0 bridgehead atoms. The summed E-state index contributed by atoms with van der Waals surface area (Å²) in [5.74, 6) is 1.58. The molecule has 0 aliphatic heterocycles. The van der Waals surface area contributed by atoms with Crippen molar-refractivity contribution in [1.82, 2.24) is 4.98 Å². The third-order valence-electron chi connectivity index (χ3n) is 2.57. The van der Waals surface area contributed by atoms with Crippen LogP contribution in [0.25, 0.3) is 0 Å². The molecule has 0 aliphatic carbocycles. The quantitative estimate of drug-likeness (QED) is 0.609. The number of anilines is 2. The van der Waals surface area contributed by atoms with Gasteiger partial charge < -0.3 is 11.1 Å². The van der Waals surface area contributed by atoms with Gasteiger partial charge in [0, 0.05) is 28.7 Å². The zero-order chi connectivity index (χ0) is 13.8. The maximum atomic E-state index is 11.1. The Bertz CT molecular complexity index is 652. The van der Waals surface area contributed by atoms with Crippen LogP contribution < -0.4 is 21.9 Å². The van der Waals surface area contributed by atoms with Crippen LogP contribution in [0.15, 0.2) is 32.4 Å². The van der Waals surface area contributed by atoms with Gasteiger partial charge in [0.25, 0.3) is 10.9 Å². The summed E-state index contributed by atoms with van der Waals surface area (Å²) in [7, 11) is 0. The van der Waals surface area contributed by atoms with Crippen LogP contribution in [0.3, 0.4) is 0 Å². The third kappa shape index (κ3) is 3.16. The number of hydrogen-bond donors (Lipinski definition) is 2. The highest BCUT2D eigenvalue weighted by atomic mass is 79.9. The first kappa shape index (κ1) is 14.1. The molecule has 3 N–H and O–H groups in total. The molecule has 1 heterocycles. The molecule has 0 atom stereocenters. The van der Waals surface area contributed by atoms with Gasteiger partial charge in [-0.3, -0.25) is 14.6 Å². The lowest BCUT2D eigenvalue weighted by Crippen LogP contribution is -2.37. The maximum absolute atomic E-state index is 11.1. The Labute approximate surface area is 122 Å². The molecule has 19 heavy (non-hydrogen) atoms. The van der Waals surface area contributed by atoms with Gasteiger partial charge in [-0.05, 0) is 28.1 Å². The van der Waals surface area contributed by atoms with Crippen molar-refractivity contribution in [3.63, 3.8) is 0 Å². The average Bonchev–Trinajstić information content (AvgIpc) is 2.43. The minimum atomic E-state index is -0.590. The van der Waals surface area contributed by atoms with E-state index < -0.39 is 10.9 Å². The Hall–Kier alpha value is -1.34. The summed E-state index contributed by atoms with van der Waals surface area (Å²) in [6.07, 6.45) is 1.75. The normalized spacial score (nSPS) is 10.8. The summed E-state index contributed by atoms with van der Waals surface area (Å²) < 4.78 is 0.988. The smallest absolute Gasteiger partial charge is 0.253 e. The number of pyridine rings is 1. The fraction of sp³-hybridized carbons (Fsp3) is 0.250.